The predicted octanol–water partition coefficient (Wildman–Crippen LogP) is 4.03. The number of benzene rings is 2. The van der Waals surface area contributed by atoms with Gasteiger partial charge in [-0.1, -0.05) is 48.0 Å². The summed E-state index contributed by atoms with van der Waals surface area (Å²) in [7, 11) is -3.69. The van der Waals surface area contributed by atoms with Crippen LogP contribution in [0.2, 0.25) is 0 Å². The van der Waals surface area contributed by atoms with Gasteiger partial charge in [0.1, 0.15) is 5.83 Å². The number of rotatable bonds is 3. The molecule has 0 bridgehead atoms. The number of nitrogens with zero attached hydrogens (tertiary/aromatic N) is 1. The van der Waals surface area contributed by atoms with Crippen LogP contribution >= 0.6 is 0 Å². The van der Waals surface area contributed by atoms with Crippen LogP contribution in [0.3, 0.4) is 0 Å². The summed E-state index contributed by atoms with van der Waals surface area (Å²) in [6.45, 7) is 1.98. The van der Waals surface area contributed by atoms with Crippen LogP contribution in [0.5, 0.6) is 0 Å². The average molecular weight is 345 g/mol. The Morgan fingerprint density at radius 1 is 1.04 bits per heavy atom. The van der Waals surface area contributed by atoms with Crippen LogP contribution in [0, 0.1) is 6.92 Å². The molecule has 126 valence electrons. The zero-order chi connectivity index (χ0) is 17.2. The van der Waals surface area contributed by atoms with Crippen molar-refractivity contribution in [3.63, 3.8) is 0 Å². The Morgan fingerprint density at radius 2 is 1.71 bits per heavy atom. The van der Waals surface area contributed by atoms with E-state index in [1.165, 1.54) is 4.31 Å². The molecule has 0 radical (unpaired) electrons. The van der Waals surface area contributed by atoms with Gasteiger partial charge in [-0.3, -0.25) is 0 Å². The van der Waals surface area contributed by atoms with Crippen molar-refractivity contribution in [2.45, 2.75) is 24.2 Å². The fourth-order valence-corrected chi connectivity index (χ4v) is 4.33. The van der Waals surface area contributed by atoms with Crippen molar-refractivity contribution in [2.24, 2.45) is 0 Å². The average Bonchev–Trinajstić information content (AvgIpc) is 2.78. The van der Waals surface area contributed by atoms with Crippen molar-refractivity contribution in [2.75, 3.05) is 13.1 Å². The monoisotopic (exact) mass is 345 g/mol. The first kappa shape index (κ1) is 16.9. The Morgan fingerprint density at radius 3 is 2.38 bits per heavy atom. The number of allylic oxidation sites excluding steroid dienone is 1. The normalized spacial score (nSPS) is 19.6. The van der Waals surface area contributed by atoms with Crippen molar-refractivity contribution < 1.29 is 12.8 Å². The fraction of sp³-hybridized carbons (Fsp3) is 0.263. The minimum absolute atomic E-state index is 0.107. The molecule has 0 N–H and O–H groups in total. The zero-order valence-corrected chi connectivity index (χ0v) is 14.3. The first-order valence-corrected chi connectivity index (χ1v) is 9.39. The van der Waals surface area contributed by atoms with E-state index >= 15 is 0 Å². The SMILES string of the molecule is Cc1ccc(S(=O)(=O)N2CCC(c3ccccc3)C=C(F)C2)cc1. The van der Waals surface area contributed by atoms with Crippen LogP contribution in [0.1, 0.15) is 23.5 Å². The van der Waals surface area contributed by atoms with Gasteiger partial charge >= 0.3 is 0 Å². The maximum Gasteiger partial charge on any atom is 0.243 e. The highest BCUT2D eigenvalue weighted by Crippen LogP contribution is 2.29. The molecule has 2 aromatic carbocycles. The maximum absolute atomic E-state index is 14.3. The van der Waals surface area contributed by atoms with E-state index in [0.29, 0.717) is 13.0 Å². The third kappa shape index (κ3) is 3.57. The molecule has 2 aromatic rings. The lowest BCUT2D eigenvalue weighted by molar-refractivity contribution is 0.408. The Balaban J connectivity index is 1.85. The summed E-state index contributed by atoms with van der Waals surface area (Å²) < 4.78 is 41.1. The molecule has 0 aromatic heterocycles. The fourth-order valence-electron chi connectivity index (χ4n) is 2.91. The van der Waals surface area contributed by atoms with Crippen LogP contribution in [0.15, 0.2) is 71.4 Å². The second kappa shape index (κ2) is 6.87. The van der Waals surface area contributed by atoms with Gasteiger partial charge in [-0.25, -0.2) is 12.8 Å². The molecule has 0 aliphatic carbocycles. The Bertz CT molecular complexity index is 829. The second-order valence-electron chi connectivity index (χ2n) is 6.07. The van der Waals surface area contributed by atoms with E-state index in [1.54, 1.807) is 30.3 Å². The topological polar surface area (TPSA) is 37.4 Å². The van der Waals surface area contributed by atoms with Crippen LogP contribution in [0.25, 0.3) is 0 Å². The molecule has 0 fully saturated rings. The third-order valence-corrected chi connectivity index (χ3v) is 6.14. The molecule has 3 rings (SSSR count). The zero-order valence-electron chi connectivity index (χ0n) is 13.5. The number of hydrogen-bond donors (Lipinski definition) is 0. The van der Waals surface area contributed by atoms with Crippen molar-refractivity contribution in [3.8, 4) is 0 Å². The largest absolute Gasteiger partial charge is 0.243 e. The predicted molar refractivity (Wildman–Crippen MR) is 92.9 cm³/mol. The van der Waals surface area contributed by atoms with E-state index in [0.717, 1.165) is 11.1 Å². The molecule has 3 nitrogen and oxygen atoms in total. The summed E-state index contributed by atoms with van der Waals surface area (Å²) in [6.07, 6.45) is 2.10. The number of halogens is 1. The van der Waals surface area contributed by atoms with E-state index in [4.69, 9.17) is 0 Å². The van der Waals surface area contributed by atoms with E-state index < -0.39 is 15.9 Å². The maximum atomic E-state index is 14.3. The van der Waals surface area contributed by atoms with E-state index in [1.807, 2.05) is 37.3 Å². The van der Waals surface area contributed by atoms with Crippen LogP contribution < -0.4 is 0 Å². The molecule has 1 aliphatic heterocycles. The van der Waals surface area contributed by atoms with Crippen molar-refractivity contribution in [3.05, 3.63) is 77.6 Å². The van der Waals surface area contributed by atoms with Crippen LogP contribution in [-0.4, -0.2) is 25.8 Å². The van der Waals surface area contributed by atoms with Gasteiger partial charge < -0.3 is 0 Å². The highest BCUT2D eigenvalue weighted by Gasteiger charge is 2.28. The van der Waals surface area contributed by atoms with E-state index in [2.05, 4.69) is 0 Å². The lowest BCUT2D eigenvalue weighted by Crippen LogP contribution is -2.32. The lowest BCUT2D eigenvalue weighted by Gasteiger charge is -2.20. The number of sulfonamides is 1. The first-order chi connectivity index (χ1) is 11.5. The molecule has 0 spiro atoms. The number of hydrogen-bond acceptors (Lipinski definition) is 2. The molecule has 5 heteroatoms. The quantitative estimate of drug-likeness (QED) is 0.842. The van der Waals surface area contributed by atoms with E-state index in [9.17, 15) is 12.8 Å². The lowest BCUT2D eigenvalue weighted by atomic mass is 9.96. The Labute approximate surface area is 142 Å². The van der Waals surface area contributed by atoms with Crippen LogP contribution in [0.4, 0.5) is 4.39 Å². The van der Waals surface area contributed by atoms with E-state index in [-0.39, 0.29) is 17.4 Å². The summed E-state index contributed by atoms with van der Waals surface area (Å²) in [5, 5.41) is 0. The Kier molecular flexibility index (Phi) is 4.83. The summed E-state index contributed by atoms with van der Waals surface area (Å²) in [6, 6.07) is 16.3. The molecular formula is C19H20FNO2S. The molecule has 24 heavy (non-hydrogen) atoms. The Hall–Kier alpha value is -1.98. The molecule has 1 heterocycles. The molecule has 1 atom stereocenters. The second-order valence-corrected chi connectivity index (χ2v) is 8.01. The summed E-state index contributed by atoms with van der Waals surface area (Å²) >= 11 is 0. The van der Waals surface area contributed by atoms with Crippen molar-refractivity contribution in [1.29, 1.82) is 0 Å². The van der Waals surface area contributed by atoms with Crippen molar-refractivity contribution >= 4 is 10.0 Å². The summed E-state index contributed by atoms with van der Waals surface area (Å²) in [5.74, 6) is -0.513. The van der Waals surface area contributed by atoms with Crippen molar-refractivity contribution in [1.82, 2.24) is 4.31 Å². The molecular weight excluding hydrogens is 325 g/mol. The van der Waals surface area contributed by atoms with Crippen LogP contribution in [-0.2, 0) is 10.0 Å². The van der Waals surface area contributed by atoms with Gasteiger partial charge in [0.2, 0.25) is 10.0 Å². The third-order valence-electron chi connectivity index (χ3n) is 4.29. The first-order valence-electron chi connectivity index (χ1n) is 7.95. The molecule has 0 saturated heterocycles. The van der Waals surface area contributed by atoms with Gasteiger partial charge in [0.25, 0.3) is 0 Å². The van der Waals surface area contributed by atoms with Gasteiger partial charge in [0.05, 0.1) is 11.4 Å². The van der Waals surface area contributed by atoms with Gasteiger partial charge in [-0.2, -0.15) is 4.31 Å². The molecule has 0 amide bonds. The molecule has 0 saturated carbocycles. The summed E-state index contributed by atoms with van der Waals surface area (Å²) in [4.78, 5) is 0.207. The molecule has 1 unspecified atom stereocenters. The highest BCUT2D eigenvalue weighted by molar-refractivity contribution is 7.89. The van der Waals surface area contributed by atoms with Gasteiger partial charge in [-0.05, 0) is 37.1 Å². The summed E-state index contributed by atoms with van der Waals surface area (Å²) in [5.41, 5.74) is 1.99. The standard InChI is InChI=1S/C19H20FNO2S/c1-15-7-9-19(10-8-15)24(22,23)21-12-11-17(13-18(20)14-21)16-5-3-2-4-6-16/h2-10,13,17H,11-12,14H2,1H3. The minimum atomic E-state index is -3.69. The van der Waals surface area contributed by atoms with Gasteiger partial charge in [0.15, 0.2) is 0 Å². The minimum Gasteiger partial charge on any atom is -0.211 e. The van der Waals surface area contributed by atoms with Gasteiger partial charge in [-0.15, -0.1) is 0 Å². The smallest absolute Gasteiger partial charge is 0.211 e. The number of aryl methyl sites for hydroxylation is 1. The highest BCUT2D eigenvalue weighted by atomic mass is 32.2. The van der Waals surface area contributed by atoms with Gasteiger partial charge in [0, 0.05) is 12.5 Å². The molecule has 1 aliphatic rings.